The molecule has 120 valence electrons. The van der Waals surface area contributed by atoms with E-state index in [2.05, 4.69) is 21.5 Å². The Hall–Kier alpha value is -2.18. The predicted octanol–water partition coefficient (Wildman–Crippen LogP) is 4.42. The lowest BCUT2D eigenvalue weighted by Gasteiger charge is -2.21. The summed E-state index contributed by atoms with van der Waals surface area (Å²) < 4.78 is 2.06. The Labute approximate surface area is 147 Å². The number of benzene rings is 1. The summed E-state index contributed by atoms with van der Waals surface area (Å²) in [5.41, 5.74) is 2.22. The highest BCUT2D eigenvalue weighted by Gasteiger charge is 2.34. The van der Waals surface area contributed by atoms with Crippen LogP contribution in [0, 0.1) is 0 Å². The van der Waals surface area contributed by atoms with E-state index in [1.165, 1.54) is 16.9 Å². The molecule has 24 heavy (non-hydrogen) atoms. The van der Waals surface area contributed by atoms with E-state index in [0.29, 0.717) is 12.6 Å². The maximum absolute atomic E-state index is 13.1. The molecule has 1 aliphatic carbocycles. The van der Waals surface area contributed by atoms with Gasteiger partial charge in [-0.25, -0.2) is 4.98 Å². The van der Waals surface area contributed by atoms with Gasteiger partial charge in [0.25, 0.3) is 5.91 Å². The van der Waals surface area contributed by atoms with Crippen LogP contribution in [0.1, 0.15) is 28.1 Å². The summed E-state index contributed by atoms with van der Waals surface area (Å²) in [7, 11) is 0. The van der Waals surface area contributed by atoms with Crippen molar-refractivity contribution in [3.8, 4) is 0 Å². The third kappa shape index (κ3) is 2.34. The number of carbonyl (C=O) groups excluding carboxylic acids is 1. The van der Waals surface area contributed by atoms with Crippen molar-refractivity contribution in [1.29, 1.82) is 0 Å². The number of amides is 1. The molecule has 1 aromatic carbocycles. The summed E-state index contributed by atoms with van der Waals surface area (Å²) in [6.07, 6.45) is 4.23. The zero-order valence-electron chi connectivity index (χ0n) is 12.9. The quantitative estimate of drug-likeness (QED) is 0.545. The van der Waals surface area contributed by atoms with Crippen molar-refractivity contribution in [2.24, 2.45) is 0 Å². The Bertz CT molecular complexity index is 1030. The number of fused-ring (bicyclic) bond motifs is 3. The molecule has 0 unspecified atom stereocenters. The van der Waals surface area contributed by atoms with Gasteiger partial charge in [-0.15, -0.1) is 22.7 Å². The van der Waals surface area contributed by atoms with Crippen LogP contribution in [0.15, 0.2) is 48.0 Å². The van der Waals surface area contributed by atoms with E-state index >= 15 is 0 Å². The Kier molecular flexibility index (Phi) is 3.21. The van der Waals surface area contributed by atoms with E-state index in [4.69, 9.17) is 0 Å². The Morgan fingerprint density at radius 2 is 2.12 bits per heavy atom. The molecule has 4 aromatic rings. The number of nitrogens with zero attached hydrogens (tertiary/aromatic N) is 3. The first-order valence-corrected chi connectivity index (χ1v) is 9.69. The molecule has 1 saturated carbocycles. The molecule has 0 aliphatic heterocycles. The molecule has 1 aliphatic rings. The Morgan fingerprint density at radius 1 is 1.29 bits per heavy atom. The standard InChI is InChI=1S/C18H15N3OS2/c22-17(21(13-6-7-13)11-12-4-2-1-3-5-12)15-10-14-16(24-15)19-18-20(14)8-9-23-18/h1-5,8-10,13H,6-7,11H2. The summed E-state index contributed by atoms with van der Waals surface area (Å²) in [5, 5.41) is 2.02. The van der Waals surface area contributed by atoms with Gasteiger partial charge in [0.2, 0.25) is 0 Å². The highest BCUT2D eigenvalue weighted by molar-refractivity contribution is 7.21. The zero-order chi connectivity index (χ0) is 16.1. The predicted molar refractivity (Wildman–Crippen MR) is 97.8 cm³/mol. The fourth-order valence-corrected chi connectivity index (χ4v) is 4.78. The fraction of sp³-hybridized carbons (Fsp3) is 0.222. The molecule has 4 nitrogen and oxygen atoms in total. The molecule has 5 rings (SSSR count). The van der Waals surface area contributed by atoms with Crippen molar-refractivity contribution in [1.82, 2.24) is 14.3 Å². The maximum Gasteiger partial charge on any atom is 0.264 e. The minimum Gasteiger partial charge on any atom is -0.331 e. The summed E-state index contributed by atoms with van der Waals surface area (Å²) in [6, 6.07) is 12.6. The lowest BCUT2D eigenvalue weighted by atomic mass is 10.2. The molecule has 1 fully saturated rings. The van der Waals surface area contributed by atoms with E-state index in [0.717, 1.165) is 33.0 Å². The van der Waals surface area contributed by atoms with Gasteiger partial charge in [-0.1, -0.05) is 30.3 Å². The van der Waals surface area contributed by atoms with Crippen molar-refractivity contribution in [3.05, 3.63) is 58.4 Å². The van der Waals surface area contributed by atoms with Gasteiger partial charge >= 0.3 is 0 Å². The van der Waals surface area contributed by atoms with E-state index < -0.39 is 0 Å². The van der Waals surface area contributed by atoms with Crippen LogP contribution in [0.25, 0.3) is 15.3 Å². The number of hydrogen-bond acceptors (Lipinski definition) is 4. The highest BCUT2D eigenvalue weighted by Crippen LogP contribution is 2.33. The fourth-order valence-electron chi connectivity index (χ4n) is 3.03. The number of hydrogen-bond donors (Lipinski definition) is 0. The second kappa shape index (κ2) is 5.43. The largest absolute Gasteiger partial charge is 0.331 e. The SMILES string of the molecule is O=C(c1cc2c(nc3sccn32)s1)N(Cc1ccccc1)C1CC1. The Balaban J connectivity index is 1.49. The van der Waals surface area contributed by atoms with Crippen molar-refractivity contribution < 1.29 is 4.79 Å². The number of aromatic nitrogens is 2. The van der Waals surface area contributed by atoms with E-state index in [9.17, 15) is 4.79 Å². The maximum atomic E-state index is 13.1. The topological polar surface area (TPSA) is 37.6 Å². The first kappa shape index (κ1) is 14.2. The lowest BCUT2D eigenvalue weighted by Crippen LogP contribution is -2.32. The van der Waals surface area contributed by atoms with E-state index in [1.807, 2.05) is 40.7 Å². The number of imidazole rings is 1. The van der Waals surface area contributed by atoms with Crippen LogP contribution in [0.3, 0.4) is 0 Å². The van der Waals surface area contributed by atoms with Gasteiger partial charge in [-0.3, -0.25) is 9.20 Å². The number of thiazole rings is 1. The average molecular weight is 353 g/mol. The van der Waals surface area contributed by atoms with Gasteiger partial charge < -0.3 is 4.90 Å². The van der Waals surface area contributed by atoms with Crippen LogP contribution in [0.2, 0.25) is 0 Å². The molecule has 3 aromatic heterocycles. The first-order chi connectivity index (χ1) is 11.8. The summed E-state index contributed by atoms with van der Waals surface area (Å²) in [4.78, 5) is 22.4. The molecule has 0 N–H and O–H groups in total. The first-order valence-electron chi connectivity index (χ1n) is 7.99. The smallest absolute Gasteiger partial charge is 0.264 e. The molecule has 0 saturated heterocycles. The van der Waals surface area contributed by atoms with Crippen LogP contribution in [0.4, 0.5) is 0 Å². The van der Waals surface area contributed by atoms with E-state index in [-0.39, 0.29) is 5.91 Å². The molecule has 6 heteroatoms. The van der Waals surface area contributed by atoms with E-state index in [1.54, 1.807) is 11.3 Å². The molecule has 0 spiro atoms. The molecule has 0 bridgehead atoms. The third-order valence-corrected chi connectivity index (χ3v) is 6.16. The molecular weight excluding hydrogens is 338 g/mol. The molecule has 3 heterocycles. The molecule has 0 atom stereocenters. The van der Waals surface area contributed by atoms with Gasteiger partial charge in [0.05, 0.1) is 10.4 Å². The van der Waals surface area contributed by atoms with Crippen LogP contribution in [-0.4, -0.2) is 26.2 Å². The summed E-state index contributed by atoms with van der Waals surface area (Å²) in [6.45, 7) is 0.681. The minimum absolute atomic E-state index is 0.133. The lowest BCUT2D eigenvalue weighted by molar-refractivity contribution is 0.0735. The molecule has 1 amide bonds. The minimum atomic E-state index is 0.133. The zero-order valence-corrected chi connectivity index (χ0v) is 14.5. The van der Waals surface area contributed by atoms with Crippen LogP contribution >= 0.6 is 22.7 Å². The monoisotopic (exact) mass is 353 g/mol. The van der Waals surface area contributed by atoms with Crippen LogP contribution < -0.4 is 0 Å². The average Bonchev–Trinajstić information content (AvgIpc) is 3.06. The summed E-state index contributed by atoms with van der Waals surface area (Å²) >= 11 is 3.12. The van der Waals surface area contributed by atoms with Crippen molar-refractivity contribution >= 4 is 43.9 Å². The summed E-state index contributed by atoms with van der Waals surface area (Å²) in [5.74, 6) is 0.133. The number of carbonyl (C=O) groups is 1. The van der Waals surface area contributed by atoms with Crippen molar-refractivity contribution in [2.75, 3.05) is 0 Å². The third-order valence-electron chi connectivity index (χ3n) is 4.39. The van der Waals surface area contributed by atoms with Crippen LogP contribution in [0.5, 0.6) is 0 Å². The normalized spacial score (nSPS) is 14.5. The second-order valence-corrected chi connectivity index (χ2v) is 8.02. The highest BCUT2D eigenvalue weighted by atomic mass is 32.1. The number of thiophene rings is 1. The van der Waals surface area contributed by atoms with Gasteiger partial charge in [0.1, 0.15) is 4.83 Å². The van der Waals surface area contributed by atoms with Crippen molar-refractivity contribution in [2.45, 2.75) is 25.4 Å². The second-order valence-electron chi connectivity index (χ2n) is 6.12. The molecular formula is C18H15N3OS2. The van der Waals surface area contributed by atoms with Gasteiger partial charge in [0, 0.05) is 24.2 Å². The Morgan fingerprint density at radius 3 is 2.92 bits per heavy atom. The van der Waals surface area contributed by atoms with Crippen LogP contribution in [-0.2, 0) is 6.54 Å². The van der Waals surface area contributed by atoms with Crippen molar-refractivity contribution in [3.63, 3.8) is 0 Å². The molecule has 0 radical (unpaired) electrons. The van der Waals surface area contributed by atoms with Gasteiger partial charge in [0.15, 0.2) is 4.96 Å². The van der Waals surface area contributed by atoms with Gasteiger partial charge in [-0.2, -0.15) is 0 Å². The number of rotatable bonds is 4. The van der Waals surface area contributed by atoms with Gasteiger partial charge in [-0.05, 0) is 24.5 Å².